The smallest absolute Gasteiger partial charge is 0.258 e. The molecule has 0 aliphatic carbocycles. The van der Waals surface area contributed by atoms with E-state index in [0.29, 0.717) is 39.9 Å². The lowest BCUT2D eigenvalue weighted by Gasteiger charge is -2.19. The Morgan fingerprint density at radius 3 is 3.03 bits per heavy atom. The molecule has 0 amide bonds. The summed E-state index contributed by atoms with van der Waals surface area (Å²) in [5.74, 6) is 0.144. The first-order valence-electron chi connectivity index (χ1n) is 11.3. The number of aromatic nitrogens is 4. The molecule has 0 radical (unpaired) electrons. The van der Waals surface area contributed by atoms with Crippen molar-refractivity contribution in [2.45, 2.75) is 31.9 Å². The zero-order chi connectivity index (χ0) is 24.4. The van der Waals surface area contributed by atoms with E-state index < -0.39 is 5.82 Å². The second-order valence-corrected chi connectivity index (χ2v) is 9.73. The van der Waals surface area contributed by atoms with E-state index in [1.54, 1.807) is 12.3 Å². The van der Waals surface area contributed by atoms with Crippen molar-refractivity contribution in [1.29, 1.82) is 0 Å². The second kappa shape index (κ2) is 10.3. The Bertz CT molecular complexity index is 1410. The first-order chi connectivity index (χ1) is 17.0. The molecule has 11 heteroatoms. The third kappa shape index (κ3) is 5.29. The summed E-state index contributed by atoms with van der Waals surface area (Å²) in [6, 6.07) is 6.29. The molecular weight excluding hydrogens is 491 g/mol. The van der Waals surface area contributed by atoms with E-state index in [1.165, 1.54) is 42.4 Å². The van der Waals surface area contributed by atoms with Crippen molar-refractivity contribution in [3.63, 3.8) is 0 Å². The zero-order valence-corrected chi connectivity index (χ0v) is 20.6. The first-order valence-corrected chi connectivity index (χ1v) is 12.6. The number of H-pyrrole nitrogens is 1. The Morgan fingerprint density at radius 2 is 2.23 bits per heavy atom. The van der Waals surface area contributed by atoms with Crippen molar-refractivity contribution in [3.8, 4) is 17.1 Å². The fraction of sp³-hybridized carbons (Fsp3) is 0.333. The third-order valence-corrected chi connectivity index (χ3v) is 7.20. The molecule has 1 atom stereocenters. The molecule has 1 saturated heterocycles. The SMILES string of the molecule is CN1CCCC1CCNc1nc(-c2nccc3c(=O)[nH]c(COc4ccc(F)c(Cl)c4)nc23)cs1. The van der Waals surface area contributed by atoms with Gasteiger partial charge in [0.1, 0.15) is 40.9 Å². The Morgan fingerprint density at radius 1 is 1.34 bits per heavy atom. The average molecular weight is 515 g/mol. The van der Waals surface area contributed by atoms with Crippen LogP contribution in [0.15, 0.2) is 40.6 Å². The number of likely N-dealkylation sites (tertiary alicyclic amines) is 1. The average Bonchev–Trinajstić information content (AvgIpc) is 3.49. The molecule has 0 spiro atoms. The number of halogens is 2. The van der Waals surface area contributed by atoms with Crippen molar-refractivity contribution >= 4 is 39.0 Å². The van der Waals surface area contributed by atoms with Crippen molar-refractivity contribution in [1.82, 2.24) is 24.8 Å². The number of fused-ring (bicyclic) bond motifs is 1. The predicted molar refractivity (Wildman–Crippen MR) is 136 cm³/mol. The van der Waals surface area contributed by atoms with Crippen LogP contribution >= 0.6 is 22.9 Å². The van der Waals surface area contributed by atoms with Gasteiger partial charge in [-0.25, -0.2) is 14.4 Å². The van der Waals surface area contributed by atoms with Crippen LogP contribution in [0.4, 0.5) is 9.52 Å². The van der Waals surface area contributed by atoms with Crippen LogP contribution in [-0.2, 0) is 6.61 Å². The molecule has 4 aromatic rings. The van der Waals surface area contributed by atoms with E-state index in [-0.39, 0.29) is 17.2 Å². The van der Waals surface area contributed by atoms with E-state index >= 15 is 0 Å². The normalized spacial score (nSPS) is 16.1. The van der Waals surface area contributed by atoms with Gasteiger partial charge in [0.15, 0.2) is 5.13 Å². The molecule has 182 valence electrons. The summed E-state index contributed by atoms with van der Waals surface area (Å²) in [7, 11) is 2.17. The highest BCUT2D eigenvalue weighted by molar-refractivity contribution is 7.14. The predicted octanol–water partition coefficient (Wildman–Crippen LogP) is 4.71. The van der Waals surface area contributed by atoms with Crippen LogP contribution in [0.5, 0.6) is 5.75 Å². The summed E-state index contributed by atoms with van der Waals surface area (Å²) in [5.41, 5.74) is 1.32. The number of aromatic amines is 1. The minimum atomic E-state index is -0.532. The van der Waals surface area contributed by atoms with Crippen LogP contribution in [0, 0.1) is 5.82 Å². The number of pyridine rings is 1. The highest BCUT2D eigenvalue weighted by atomic mass is 35.5. The van der Waals surface area contributed by atoms with Gasteiger partial charge in [-0.05, 0) is 51.1 Å². The summed E-state index contributed by atoms with van der Waals surface area (Å²) in [5, 5.41) is 6.49. The largest absolute Gasteiger partial charge is 0.486 e. The summed E-state index contributed by atoms with van der Waals surface area (Å²) in [6.07, 6.45) is 5.14. The van der Waals surface area contributed by atoms with Gasteiger partial charge in [0.2, 0.25) is 0 Å². The molecule has 1 fully saturated rings. The lowest BCUT2D eigenvalue weighted by Crippen LogP contribution is -2.26. The lowest BCUT2D eigenvalue weighted by molar-refractivity contribution is 0.295. The van der Waals surface area contributed by atoms with Crippen molar-refractivity contribution in [3.05, 3.63) is 62.9 Å². The molecule has 1 aliphatic heterocycles. The maximum atomic E-state index is 13.4. The number of rotatable bonds is 8. The van der Waals surface area contributed by atoms with Crippen molar-refractivity contribution in [2.75, 3.05) is 25.5 Å². The van der Waals surface area contributed by atoms with E-state index in [2.05, 4.69) is 37.2 Å². The molecule has 4 heterocycles. The minimum absolute atomic E-state index is 0.0268. The van der Waals surface area contributed by atoms with Crippen LogP contribution in [0.25, 0.3) is 22.3 Å². The summed E-state index contributed by atoms with van der Waals surface area (Å²) < 4.78 is 19.0. The monoisotopic (exact) mass is 514 g/mol. The molecule has 35 heavy (non-hydrogen) atoms. The van der Waals surface area contributed by atoms with Gasteiger partial charge in [-0.15, -0.1) is 11.3 Å². The van der Waals surface area contributed by atoms with Gasteiger partial charge in [-0.1, -0.05) is 11.6 Å². The number of benzene rings is 1. The van der Waals surface area contributed by atoms with E-state index in [1.807, 2.05) is 5.38 Å². The van der Waals surface area contributed by atoms with Crippen LogP contribution in [0.3, 0.4) is 0 Å². The molecule has 1 unspecified atom stereocenters. The van der Waals surface area contributed by atoms with Crippen LogP contribution in [-0.4, -0.2) is 51.0 Å². The Labute approximate surface area is 210 Å². The van der Waals surface area contributed by atoms with Gasteiger partial charge in [-0.3, -0.25) is 9.78 Å². The second-order valence-electron chi connectivity index (χ2n) is 8.46. The number of nitrogens with one attached hydrogen (secondary N) is 2. The molecule has 0 bridgehead atoms. The number of hydrogen-bond donors (Lipinski definition) is 2. The molecule has 5 rings (SSSR count). The van der Waals surface area contributed by atoms with E-state index in [0.717, 1.165) is 24.6 Å². The maximum Gasteiger partial charge on any atom is 0.258 e. The van der Waals surface area contributed by atoms with Crippen LogP contribution in [0.1, 0.15) is 25.1 Å². The van der Waals surface area contributed by atoms with Crippen molar-refractivity contribution in [2.24, 2.45) is 0 Å². The molecule has 2 N–H and O–H groups in total. The van der Waals surface area contributed by atoms with Gasteiger partial charge in [0.25, 0.3) is 5.56 Å². The third-order valence-electron chi connectivity index (χ3n) is 6.11. The Balaban J connectivity index is 1.34. The van der Waals surface area contributed by atoms with E-state index in [9.17, 15) is 9.18 Å². The van der Waals surface area contributed by atoms with Gasteiger partial charge >= 0.3 is 0 Å². The number of nitrogens with zero attached hydrogens (tertiary/aromatic N) is 4. The zero-order valence-electron chi connectivity index (χ0n) is 19.1. The summed E-state index contributed by atoms with van der Waals surface area (Å²) in [4.78, 5) is 31.6. The van der Waals surface area contributed by atoms with E-state index in [4.69, 9.17) is 16.3 Å². The fourth-order valence-corrected chi connectivity index (χ4v) is 5.13. The fourth-order valence-electron chi connectivity index (χ4n) is 4.24. The molecule has 1 aromatic carbocycles. The Hall–Kier alpha value is -3.08. The Kier molecular flexibility index (Phi) is 6.94. The molecule has 1 aliphatic rings. The number of ether oxygens (including phenoxy) is 1. The molecular formula is C24H24ClFN6O2S. The topological polar surface area (TPSA) is 96.0 Å². The standard InChI is InChI=1S/C24H24ClFN6O2S/c1-32-10-2-3-14(32)6-8-28-24-29-19(13-35-24)22-21-16(7-9-27-22)23(33)31-20(30-21)12-34-15-4-5-18(26)17(25)11-15/h4-5,7,9,11,13-14H,2-3,6,8,10,12H2,1H3,(H,28,29)(H,30,31,33). The molecule has 3 aromatic heterocycles. The number of anilines is 1. The number of thiazole rings is 1. The van der Waals surface area contributed by atoms with Crippen LogP contribution in [0.2, 0.25) is 5.02 Å². The molecule has 0 saturated carbocycles. The summed E-state index contributed by atoms with van der Waals surface area (Å²) in [6.45, 7) is 1.98. The van der Waals surface area contributed by atoms with Gasteiger partial charge < -0.3 is 19.9 Å². The molecule has 8 nitrogen and oxygen atoms in total. The van der Waals surface area contributed by atoms with Gasteiger partial charge in [0, 0.05) is 30.2 Å². The summed E-state index contributed by atoms with van der Waals surface area (Å²) >= 11 is 7.31. The van der Waals surface area contributed by atoms with Gasteiger partial charge in [-0.2, -0.15) is 0 Å². The first kappa shape index (κ1) is 23.7. The maximum absolute atomic E-state index is 13.4. The van der Waals surface area contributed by atoms with Gasteiger partial charge in [0.05, 0.1) is 10.4 Å². The highest BCUT2D eigenvalue weighted by Crippen LogP contribution is 2.28. The highest BCUT2D eigenvalue weighted by Gasteiger charge is 2.20. The lowest BCUT2D eigenvalue weighted by atomic mass is 10.1. The van der Waals surface area contributed by atoms with Crippen LogP contribution < -0.4 is 15.6 Å². The number of hydrogen-bond acceptors (Lipinski definition) is 8. The van der Waals surface area contributed by atoms with Crippen molar-refractivity contribution < 1.29 is 9.13 Å². The quantitative estimate of drug-likeness (QED) is 0.351. The minimum Gasteiger partial charge on any atom is -0.486 e.